The molecule has 0 spiro atoms. The fraction of sp³-hybridized carbons (Fsp3) is 0.895. The van der Waals surface area contributed by atoms with Crippen LogP contribution in [0.1, 0.15) is 44.6 Å². The summed E-state index contributed by atoms with van der Waals surface area (Å²) in [5.74, 6) is 3.17. The van der Waals surface area contributed by atoms with E-state index in [9.17, 15) is 4.79 Å². The first kappa shape index (κ1) is 27.7. The molecule has 0 unspecified atom stereocenters. The Morgan fingerprint density at radius 2 is 1.72 bits per heavy atom. The molecule has 3 aliphatic heterocycles. The van der Waals surface area contributed by atoms with Gasteiger partial charge in [-0.1, -0.05) is 24.4 Å². The lowest BCUT2D eigenvalue weighted by atomic mass is 9.96. The van der Waals surface area contributed by atoms with E-state index in [0.29, 0.717) is 18.0 Å². The van der Waals surface area contributed by atoms with E-state index >= 15 is 0 Å². The molecule has 9 nitrogen and oxygen atoms in total. The van der Waals surface area contributed by atoms with E-state index < -0.39 is 0 Å². The predicted octanol–water partition coefficient (Wildman–Crippen LogP) is 1.83. The molecule has 5 rings (SSSR count). The fourth-order valence-electron chi connectivity index (χ4n) is 5.24. The number of anilines is 1. The van der Waals surface area contributed by atoms with Gasteiger partial charge in [-0.3, -0.25) is 9.69 Å². The smallest absolute Gasteiger partial charge is 0.245 e. The number of thioether (sulfide) groups is 1. The summed E-state index contributed by atoms with van der Waals surface area (Å²) < 4.78 is 2.08. The molecule has 32 heavy (non-hydrogen) atoms. The number of rotatable bonds is 4. The van der Waals surface area contributed by atoms with Crippen LogP contribution in [-0.4, -0.2) is 98.9 Å². The molecular weight excluding hydrogens is 495 g/mol. The summed E-state index contributed by atoms with van der Waals surface area (Å²) in [6.45, 7) is 5.72. The Balaban J connectivity index is 0.00000121. The maximum absolute atomic E-state index is 12.7. The molecule has 1 aromatic rings. The van der Waals surface area contributed by atoms with Crippen LogP contribution in [0.15, 0.2) is 0 Å². The first-order valence-corrected chi connectivity index (χ1v) is 12.3. The van der Waals surface area contributed by atoms with Crippen molar-refractivity contribution in [1.82, 2.24) is 35.3 Å². The Labute approximate surface area is 213 Å². The van der Waals surface area contributed by atoms with Crippen molar-refractivity contribution in [2.24, 2.45) is 0 Å². The van der Waals surface area contributed by atoms with E-state index in [4.69, 9.17) is 0 Å². The van der Waals surface area contributed by atoms with Gasteiger partial charge in [-0.25, -0.2) is 4.68 Å². The molecule has 0 bridgehead atoms. The molecule has 3 saturated heterocycles. The van der Waals surface area contributed by atoms with Crippen molar-refractivity contribution in [1.29, 1.82) is 0 Å². The summed E-state index contributed by atoms with van der Waals surface area (Å²) in [7, 11) is 0. The molecule has 2 atom stereocenters. The lowest BCUT2D eigenvalue weighted by Gasteiger charge is -2.38. The molecule has 13 heteroatoms. The first-order chi connectivity index (χ1) is 14.3. The summed E-state index contributed by atoms with van der Waals surface area (Å²) in [6.07, 6.45) is 7.21. The van der Waals surface area contributed by atoms with E-state index in [1.807, 2.05) is 16.7 Å². The average molecular weight is 530 g/mol. The van der Waals surface area contributed by atoms with Crippen molar-refractivity contribution in [3.63, 3.8) is 0 Å². The molecule has 0 radical (unpaired) electrons. The third-order valence-corrected chi connectivity index (χ3v) is 7.95. The molecule has 1 N–H and O–H groups in total. The zero-order chi connectivity index (χ0) is 19.6. The van der Waals surface area contributed by atoms with Crippen LogP contribution >= 0.6 is 49.0 Å². The summed E-state index contributed by atoms with van der Waals surface area (Å²) in [6, 6.07) is 0.910. The Bertz CT molecular complexity index is 708. The number of nitrogens with one attached hydrogen (secondary N) is 1. The second-order valence-electron chi connectivity index (χ2n) is 8.73. The topological polar surface area (TPSA) is 82.4 Å². The Morgan fingerprint density at radius 1 is 0.969 bits per heavy atom. The molecule has 1 aromatic heterocycles. The second kappa shape index (κ2) is 12.8. The number of hydrogen-bond acceptors (Lipinski definition) is 8. The zero-order valence-corrected chi connectivity index (χ0v) is 21.6. The zero-order valence-electron chi connectivity index (χ0n) is 18.3. The van der Waals surface area contributed by atoms with Gasteiger partial charge in [0.25, 0.3) is 0 Å². The van der Waals surface area contributed by atoms with Crippen LogP contribution in [0.2, 0.25) is 0 Å². The number of carbonyl (C=O) groups excluding carboxylic acids is 1. The van der Waals surface area contributed by atoms with Gasteiger partial charge in [-0.2, -0.15) is 0 Å². The minimum atomic E-state index is -0.00432. The van der Waals surface area contributed by atoms with Crippen molar-refractivity contribution >= 4 is 60.8 Å². The van der Waals surface area contributed by atoms with Crippen LogP contribution in [0.4, 0.5) is 5.95 Å². The van der Waals surface area contributed by atoms with Crippen molar-refractivity contribution in [2.75, 3.05) is 55.8 Å². The number of piperazine rings is 1. The number of hydrogen-bond donors (Lipinski definition) is 1. The molecule has 184 valence electrons. The fourth-order valence-corrected chi connectivity index (χ4v) is 6.19. The van der Waals surface area contributed by atoms with E-state index in [1.54, 1.807) is 0 Å². The van der Waals surface area contributed by atoms with Crippen molar-refractivity contribution in [3.8, 4) is 0 Å². The lowest BCUT2D eigenvalue weighted by Crippen LogP contribution is -2.51. The summed E-state index contributed by atoms with van der Waals surface area (Å²) in [5, 5.41) is 16.2. The van der Waals surface area contributed by atoms with E-state index in [-0.39, 0.29) is 43.3 Å². The van der Waals surface area contributed by atoms with Crippen molar-refractivity contribution < 1.29 is 4.79 Å². The van der Waals surface area contributed by atoms with Gasteiger partial charge in [-0.05, 0) is 29.7 Å². The highest BCUT2D eigenvalue weighted by Crippen LogP contribution is 2.30. The number of halogens is 3. The maximum Gasteiger partial charge on any atom is 0.245 e. The summed E-state index contributed by atoms with van der Waals surface area (Å²) >= 11 is 1.85. The SMILES string of the molecule is Cl.Cl.Cl.O=C([C@@H]1C[C@H](N2CCN(c3nnnn3C3CCCCC3)CC2)CN1)N1CCSC1. The highest BCUT2D eigenvalue weighted by atomic mass is 35.5. The van der Waals surface area contributed by atoms with Crippen molar-refractivity contribution in [2.45, 2.75) is 56.7 Å². The van der Waals surface area contributed by atoms with Gasteiger partial charge in [0.15, 0.2) is 0 Å². The molecule has 4 fully saturated rings. The number of amides is 1. The molecular formula is C19H35Cl3N8OS. The van der Waals surface area contributed by atoms with Crippen LogP contribution in [-0.2, 0) is 4.79 Å². The summed E-state index contributed by atoms with van der Waals surface area (Å²) in [4.78, 5) is 19.6. The molecule has 1 saturated carbocycles. The Hall–Kier alpha value is -0.520. The summed E-state index contributed by atoms with van der Waals surface area (Å²) in [5.41, 5.74) is 0. The quantitative estimate of drug-likeness (QED) is 0.633. The van der Waals surface area contributed by atoms with Gasteiger partial charge in [0, 0.05) is 51.1 Å². The van der Waals surface area contributed by atoms with Gasteiger partial charge in [-0.15, -0.1) is 49.0 Å². The third-order valence-electron chi connectivity index (χ3n) is 6.98. The molecule has 1 amide bonds. The standard InChI is InChI=1S/C19H32N8OS.3ClH/c28-18(26-10-11-29-14-26)17-12-16(13-20-17)24-6-8-25(9-7-24)19-21-22-23-27(19)15-4-2-1-3-5-15;;;/h15-17,20H,1-14H2;3*1H/t16-,17-;;;/m0.../s1. The monoisotopic (exact) mass is 528 g/mol. The molecule has 4 aliphatic rings. The third kappa shape index (κ3) is 5.93. The first-order valence-electron chi connectivity index (χ1n) is 11.2. The minimum absolute atomic E-state index is 0. The van der Waals surface area contributed by atoms with Crippen LogP contribution in [0.5, 0.6) is 0 Å². The van der Waals surface area contributed by atoms with Crippen LogP contribution < -0.4 is 10.2 Å². The Morgan fingerprint density at radius 3 is 2.41 bits per heavy atom. The van der Waals surface area contributed by atoms with Gasteiger partial charge in [0.05, 0.1) is 18.0 Å². The van der Waals surface area contributed by atoms with Crippen LogP contribution in [0, 0.1) is 0 Å². The van der Waals surface area contributed by atoms with Gasteiger partial charge >= 0.3 is 0 Å². The second-order valence-corrected chi connectivity index (χ2v) is 9.80. The number of tetrazole rings is 1. The highest BCUT2D eigenvalue weighted by Gasteiger charge is 2.37. The molecule has 0 aromatic carbocycles. The average Bonchev–Trinajstić information content (AvgIpc) is 3.56. The minimum Gasteiger partial charge on any atom is -0.337 e. The number of nitrogens with zero attached hydrogens (tertiary/aromatic N) is 7. The largest absolute Gasteiger partial charge is 0.337 e. The van der Waals surface area contributed by atoms with E-state index in [1.165, 1.54) is 32.1 Å². The molecule has 4 heterocycles. The van der Waals surface area contributed by atoms with Gasteiger partial charge in [0.1, 0.15) is 0 Å². The van der Waals surface area contributed by atoms with Crippen LogP contribution in [0.3, 0.4) is 0 Å². The lowest BCUT2D eigenvalue weighted by molar-refractivity contribution is -0.131. The highest BCUT2D eigenvalue weighted by molar-refractivity contribution is 7.99. The van der Waals surface area contributed by atoms with Gasteiger partial charge < -0.3 is 15.1 Å². The maximum atomic E-state index is 12.7. The normalized spacial score (nSPS) is 26.9. The van der Waals surface area contributed by atoms with Crippen molar-refractivity contribution in [3.05, 3.63) is 0 Å². The van der Waals surface area contributed by atoms with E-state index in [0.717, 1.165) is 63.3 Å². The van der Waals surface area contributed by atoms with Gasteiger partial charge in [0.2, 0.25) is 11.9 Å². The Kier molecular flexibility index (Phi) is 11.1. The van der Waals surface area contributed by atoms with Crippen LogP contribution in [0.25, 0.3) is 0 Å². The number of carbonyl (C=O) groups is 1. The molecule has 1 aliphatic carbocycles. The number of aromatic nitrogens is 4. The predicted molar refractivity (Wildman–Crippen MR) is 135 cm³/mol. The van der Waals surface area contributed by atoms with E-state index in [2.05, 4.69) is 35.3 Å².